The second-order valence-corrected chi connectivity index (χ2v) is 3.91. The Balaban J connectivity index is 2.90. The molecule has 0 saturated carbocycles. The first-order chi connectivity index (χ1) is 7.60. The number of benzene rings is 1. The van der Waals surface area contributed by atoms with Crippen molar-refractivity contribution in [2.75, 3.05) is 20.1 Å². The Hall–Kier alpha value is -1.00. The second kappa shape index (κ2) is 5.92. The minimum atomic E-state index is -0.822. The maximum atomic E-state index is 13.1. The van der Waals surface area contributed by atoms with Gasteiger partial charge in [0, 0.05) is 12.6 Å². The Labute approximate surface area is 95.1 Å². The van der Waals surface area contributed by atoms with Gasteiger partial charge in [0.15, 0.2) is 11.6 Å². The lowest BCUT2D eigenvalue weighted by Gasteiger charge is -2.26. The van der Waals surface area contributed by atoms with E-state index in [2.05, 4.69) is 6.92 Å². The number of halogens is 2. The lowest BCUT2D eigenvalue weighted by atomic mass is 10.1. The fraction of sp³-hybridized carbons (Fsp3) is 0.500. The smallest absolute Gasteiger partial charge is 0.159 e. The van der Waals surface area contributed by atoms with Gasteiger partial charge in [-0.25, -0.2) is 8.78 Å². The Morgan fingerprint density at radius 1 is 1.31 bits per heavy atom. The molecule has 0 amide bonds. The molecule has 0 heterocycles. The van der Waals surface area contributed by atoms with Crippen LogP contribution in [0.5, 0.6) is 0 Å². The van der Waals surface area contributed by atoms with E-state index in [4.69, 9.17) is 5.73 Å². The average molecular weight is 228 g/mol. The van der Waals surface area contributed by atoms with Gasteiger partial charge in [-0.1, -0.05) is 13.0 Å². The van der Waals surface area contributed by atoms with Crippen molar-refractivity contribution in [2.45, 2.75) is 19.4 Å². The number of nitrogens with zero attached hydrogens (tertiary/aromatic N) is 1. The summed E-state index contributed by atoms with van der Waals surface area (Å²) in [5.41, 5.74) is 6.39. The summed E-state index contributed by atoms with van der Waals surface area (Å²) in [7, 11) is 1.93. The molecule has 1 rings (SSSR count). The molecule has 0 spiro atoms. The minimum Gasteiger partial charge on any atom is -0.329 e. The molecule has 0 aliphatic heterocycles. The van der Waals surface area contributed by atoms with Crippen LogP contribution in [0.15, 0.2) is 18.2 Å². The van der Waals surface area contributed by atoms with Gasteiger partial charge in [-0.2, -0.15) is 0 Å². The molecule has 90 valence electrons. The van der Waals surface area contributed by atoms with Crippen LogP contribution in [0.25, 0.3) is 0 Å². The van der Waals surface area contributed by atoms with Crippen LogP contribution in [0.4, 0.5) is 8.78 Å². The Kier molecular flexibility index (Phi) is 4.83. The molecule has 0 bridgehead atoms. The maximum Gasteiger partial charge on any atom is 0.159 e. The van der Waals surface area contributed by atoms with E-state index in [1.165, 1.54) is 6.07 Å². The summed E-state index contributed by atoms with van der Waals surface area (Å²) in [6.07, 6.45) is 0.997. The Morgan fingerprint density at radius 3 is 2.50 bits per heavy atom. The van der Waals surface area contributed by atoms with Gasteiger partial charge in [-0.15, -0.1) is 0 Å². The van der Waals surface area contributed by atoms with E-state index in [0.717, 1.165) is 24.6 Å². The highest BCUT2D eigenvalue weighted by Gasteiger charge is 2.16. The third-order valence-electron chi connectivity index (χ3n) is 2.66. The van der Waals surface area contributed by atoms with Crippen LogP contribution >= 0.6 is 0 Å². The molecule has 2 nitrogen and oxygen atoms in total. The van der Waals surface area contributed by atoms with E-state index in [-0.39, 0.29) is 6.04 Å². The summed E-state index contributed by atoms with van der Waals surface area (Å²) in [4.78, 5) is 2.05. The van der Waals surface area contributed by atoms with Crippen molar-refractivity contribution in [1.82, 2.24) is 4.90 Å². The molecule has 0 aliphatic carbocycles. The SMILES string of the molecule is CCCN(C)C(CN)c1ccc(F)c(F)c1. The van der Waals surface area contributed by atoms with Gasteiger partial charge in [0.05, 0.1) is 0 Å². The number of rotatable bonds is 5. The van der Waals surface area contributed by atoms with Crippen molar-refractivity contribution in [1.29, 1.82) is 0 Å². The first kappa shape index (κ1) is 13.1. The quantitative estimate of drug-likeness (QED) is 0.838. The zero-order chi connectivity index (χ0) is 12.1. The van der Waals surface area contributed by atoms with Gasteiger partial charge in [-0.3, -0.25) is 4.90 Å². The summed E-state index contributed by atoms with van der Waals surface area (Å²) >= 11 is 0. The third-order valence-corrected chi connectivity index (χ3v) is 2.66. The molecule has 1 aromatic carbocycles. The van der Waals surface area contributed by atoms with E-state index in [1.807, 2.05) is 11.9 Å². The summed E-state index contributed by atoms with van der Waals surface area (Å²) in [5, 5.41) is 0. The third kappa shape index (κ3) is 3.00. The van der Waals surface area contributed by atoms with Crippen molar-refractivity contribution >= 4 is 0 Å². The number of hydrogen-bond donors (Lipinski definition) is 1. The first-order valence-electron chi connectivity index (χ1n) is 5.45. The molecule has 0 saturated heterocycles. The predicted octanol–water partition coefficient (Wildman–Crippen LogP) is 2.31. The lowest BCUT2D eigenvalue weighted by molar-refractivity contribution is 0.250. The normalized spacial score (nSPS) is 13.1. The van der Waals surface area contributed by atoms with E-state index in [0.29, 0.717) is 6.54 Å². The Bertz CT molecular complexity index is 342. The molecule has 4 heteroatoms. The monoisotopic (exact) mass is 228 g/mol. The van der Waals surface area contributed by atoms with E-state index in [9.17, 15) is 8.78 Å². The van der Waals surface area contributed by atoms with Crippen LogP contribution in [0.3, 0.4) is 0 Å². The largest absolute Gasteiger partial charge is 0.329 e. The van der Waals surface area contributed by atoms with Crippen LogP contribution < -0.4 is 5.73 Å². The average Bonchev–Trinajstić information content (AvgIpc) is 2.25. The van der Waals surface area contributed by atoms with Crippen LogP contribution in [0, 0.1) is 11.6 Å². The van der Waals surface area contributed by atoms with Crippen molar-refractivity contribution < 1.29 is 8.78 Å². The molecule has 1 unspecified atom stereocenters. The predicted molar refractivity (Wildman–Crippen MR) is 61.1 cm³/mol. The van der Waals surface area contributed by atoms with Crippen LogP contribution in [-0.2, 0) is 0 Å². The van der Waals surface area contributed by atoms with E-state index < -0.39 is 11.6 Å². The first-order valence-corrected chi connectivity index (χ1v) is 5.45. The van der Waals surface area contributed by atoms with Gasteiger partial charge in [-0.05, 0) is 37.7 Å². The summed E-state index contributed by atoms with van der Waals surface area (Å²) in [5.74, 6) is -1.64. The van der Waals surface area contributed by atoms with Crippen molar-refractivity contribution in [3.8, 4) is 0 Å². The molecule has 1 aromatic rings. The second-order valence-electron chi connectivity index (χ2n) is 3.91. The summed E-state index contributed by atoms with van der Waals surface area (Å²) < 4.78 is 25.9. The molecule has 16 heavy (non-hydrogen) atoms. The summed E-state index contributed by atoms with van der Waals surface area (Å²) in [6.45, 7) is 3.33. The number of nitrogens with two attached hydrogens (primary N) is 1. The standard InChI is InChI=1S/C12H18F2N2/c1-3-6-16(2)12(8-15)9-4-5-10(13)11(14)7-9/h4-5,7,12H,3,6,8,15H2,1-2H3. The van der Waals surface area contributed by atoms with Crippen LogP contribution in [0.1, 0.15) is 24.9 Å². The van der Waals surface area contributed by atoms with Gasteiger partial charge in [0.2, 0.25) is 0 Å². The number of hydrogen-bond acceptors (Lipinski definition) is 2. The van der Waals surface area contributed by atoms with Gasteiger partial charge >= 0.3 is 0 Å². The number of likely N-dealkylation sites (N-methyl/N-ethyl adjacent to an activating group) is 1. The van der Waals surface area contributed by atoms with Gasteiger partial charge < -0.3 is 5.73 Å². The zero-order valence-electron chi connectivity index (χ0n) is 9.71. The minimum absolute atomic E-state index is 0.0601. The van der Waals surface area contributed by atoms with Crippen LogP contribution in [0.2, 0.25) is 0 Å². The molecule has 0 aliphatic rings. The highest BCUT2D eigenvalue weighted by atomic mass is 19.2. The van der Waals surface area contributed by atoms with Crippen molar-refractivity contribution in [3.63, 3.8) is 0 Å². The summed E-state index contributed by atoms with van der Waals surface area (Å²) in [6, 6.07) is 3.89. The lowest BCUT2D eigenvalue weighted by Crippen LogP contribution is -2.31. The highest BCUT2D eigenvalue weighted by molar-refractivity contribution is 5.21. The fourth-order valence-electron chi connectivity index (χ4n) is 1.80. The molecule has 0 radical (unpaired) electrons. The van der Waals surface area contributed by atoms with Gasteiger partial charge in [0.25, 0.3) is 0 Å². The van der Waals surface area contributed by atoms with E-state index in [1.54, 1.807) is 6.07 Å². The highest BCUT2D eigenvalue weighted by Crippen LogP contribution is 2.20. The van der Waals surface area contributed by atoms with Crippen molar-refractivity contribution in [3.05, 3.63) is 35.4 Å². The molecule has 0 aromatic heterocycles. The van der Waals surface area contributed by atoms with E-state index >= 15 is 0 Å². The molecule has 0 fully saturated rings. The fourth-order valence-corrected chi connectivity index (χ4v) is 1.80. The molecular formula is C12H18F2N2. The molecule has 1 atom stereocenters. The van der Waals surface area contributed by atoms with Crippen molar-refractivity contribution in [2.24, 2.45) is 5.73 Å². The zero-order valence-corrected chi connectivity index (χ0v) is 9.71. The van der Waals surface area contributed by atoms with Gasteiger partial charge in [0.1, 0.15) is 0 Å². The topological polar surface area (TPSA) is 29.3 Å². The van der Waals surface area contributed by atoms with Crippen LogP contribution in [-0.4, -0.2) is 25.0 Å². The maximum absolute atomic E-state index is 13.1. The molecular weight excluding hydrogens is 210 g/mol. The molecule has 2 N–H and O–H groups in total. The Morgan fingerprint density at radius 2 is 2.00 bits per heavy atom.